The minimum Gasteiger partial charge on any atom is -0.475 e. The quantitative estimate of drug-likeness (QED) is 0.680. The minimum atomic E-state index is -0.555. The summed E-state index contributed by atoms with van der Waals surface area (Å²) in [6.45, 7) is 1.34. The maximum atomic E-state index is 10.5. The van der Waals surface area contributed by atoms with Crippen molar-refractivity contribution < 1.29 is 14.3 Å². The van der Waals surface area contributed by atoms with Crippen molar-refractivity contribution in [2.24, 2.45) is 5.73 Å². The summed E-state index contributed by atoms with van der Waals surface area (Å²) in [5.74, 6) is 0.528. The molecule has 0 fully saturated rings. The molecule has 0 unspecified atom stereocenters. The first-order valence-electron chi connectivity index (χ1n) is 4.82. The fraction of sp³-hybridized carbons (Fsp3) is 0.400. The van der Waals surface area contributed by atoms with Crippen molar-refractivity contribution in [1.82, 2.24) is 10.3 Å². The number of rotatable bonds is 6. The van der Waals surface area contributed by atoms with Crippen LogP contribution in [0, 0.1) is 0 Å². The Morgan fingerprint density at radius 2 is 2.31 bits per heavy atom. The molecule has 0 aliphatic carbocycles. The van der Waals surface area contributed by atoms with Crippen LogP contribution in [0.15, 0.2) is 18.3 Å². The van der Waals surface area contributed by atoms with Crippen LogP contribution in [-0.4, -0.2) is 31.3 Å². The number of hydrogen-bond acceptors (Lipinski definition) is 4. The van der Waals surface area contributed by atoms with Gasteiger partial charge in [0.25, 0.3) is 0 Å². The van der Waals surface area contributed by atoms with Gasteiger partial charge in [-0.05, 0) is 5.56 Å². The van der Waals surface area contributed by atoms with Gasteiger partial charge in [0.1, 0.15) is 6.61 Å². The van der Waals surface area contributed by atoms with E-state index in [1.807, 2.05) is 6.07 Å². The van der Waals surface area contributed by atoms with Gasteiger partial charge >= 0.3 is 6.03 Å². The molecule has 1 rings (SSSR count). The summed E-state index contributed by atoms with van der Waals surface area (Å²) in [6.07, 6.45) is 1.62. The molecule has 6 nitrogen and oxygen atoms in total. The summed E-state index contributed by atoms with van der Waals surface area (Å²) in [7, 11) is 1.61. The molecule has 6 heteroatoms. The van der Waals surface area contributed by atoms with Crippen molar-refractivity contribution in [2.75, 3.05) is 20.3 Å². The highest BCUT2D eigenvalue weighted by atomic mass is 16.5. The average molecular weight is 225 g/mol. The summed E-state index contributed by atoms with van der Waals surface area (Å²) in [6, 6.07) is 2.99. The third kappa shape index (κ3) is 4.61. The lowest BCUT2D eigenvalue weighted by Gasteiger charge is -2.05. The molecule has 1 heterocycles. The van der Waals surface area contributed by atoms with E-state index in [-0.39, 0.29) is 0 Å². The van der Waals surface area contributed by atoms with E-state index in [4.69, 9.17) is 15.2 Å². The number of amides is 2. The third-order valence-electron chi connectivity index (χ3n) is 1.80. The summed E-state index contributed by atoms with van der Waals surface area (Å²) >= 11 is 0. The van der Waals surface area contributed by atoms with Gasteiger partial charge in [-0.15, -0.1) is 0 Å². The first kappa shape index (κ1) is 12.3. The molecule has 0 saturated carbocycles. The number of aromatic nitrogens is 1. The Hall–Kier alpha value is -1.82. The maximum absolute atomic E-state index is 10.5. The zero-order valence-corrected chi connectivity index (χ0v) is 9.10. The molecule has 1 aromatic heterocycles. The summed E-state index contributed by atoms with van der Waals surface area (Å²) in [4.78, 5) is 14.5. The van der Waals surface area contributed by atoms with Crippen LogP contribution in [0.3, 0.4) is 0 Å². The predicted molar refractivity (Wildman–Crippen MR) is 58.0 cm³/mol. The maximum Gasteiger partial charge on any atom is 0.312 e. The van der Waals surface area contributed by atoms with Gasteiger partial charge in [-0.3, -0.25) is 0 Å². The summed E-state index contributed by atoms with van der Waals surface area (Å²) in [5.41, 5.74) is 5.80. The van der Waals surface area contributed by atoms with Crippen LogP contribution in [0.4, 0.5) is 4.79 Å². The Kier molecular flexibility index (Phi) is 5.07. The van der Waals surface area contributed by atoms with E-state index in [9.17, 15) is 4.79 Å². The Morgan fingerprint density at radius 1 is 1.50 bits per heavy atom. The fourth-order valence-corrected chi connectivity index (χ4v) is 1.02. The summed E-state index contributed by atoms with van der Waals surface area (Å²) in [5, 5.41) is 2.47. The first-order chi connectivity index (χ1) is 7.72. The Morgan fingerprint density at radius 3 is 2.88 bits per heavy atom. The van der Waals surface area contributed by atoms with Crippen molar-refractivity contribution in [1.29, 1.82) is 0 Å². The molecular formula is C10H15N3O3. The highest BCUT2D eigenvalue weighted by molar-refractivity contribution is 5.71. The van der Waals surface area contributed by atoms with Crippen molar-refractivity contribution in [2.45, 2.75) is 6.54 Å². The zero-order chi connectivity index (χ0) is 11.8. The number of carbonyl (C=O) groups is 1. The Bertz CT molecular complexity index is 327. The van der Waals surface area contributed by atoms with Crippen molar-refractivity contribution >= 4 is 6.03 Å². The number of primary amides is 1. The number of methoxy groups -OCH3 is 1. The minimum absolute atomic E-state index is 0.362. The molecule has 0 aliphatic heterocycles. The normalized spacial score (nSPS) is 9.81. The standard InChI is InChI=1S/C10H15N3O3/c1-15-4-5-16-9-3-2-8(6-12-9)7-13-10(11)14/h2-3,6H,4-5,7H2,1H3,(H3,11,13,14). The summed E-state index contributed by atoms with van der Waals surface area (Å²) < 4.78 is 10.1. The second kappa shape index (κ2) is 6.62. The fourth-order valence-electron chi connectivity index (χ4n) is 1.02. The first-order valence-corrected chi connectivity index (χ1v) is 4.82. The third-order valence-corrected chi connectivity index (χ3v) is 1.80. The van der Waals surface area contributed by atoms with Gasteiger partial charge in [0.2, 0.25) is 5.88 Å². The molecule has 0 radical (unpaired) electrons. The SMILES string of the molecule is COCCOc1ccc(CNC(N)=O)cn1. The molecule has 3 N–H and O–H groups in total. The van der Waals surface area contributed by atoms with E-state index >= 15 is 0 Å². The molecular weight excluding hydrogens is 210 g/mol. The van der Waals surface area contributed by atoms with Crippen molar-refractivity contribution in [3.63, 3.8) is 0 Å². The lowest BCUT2D eigenvalue weighted by Crippen LogP contribution is -2.28. The van der Waals surface area contributed by atoms with Gasteiger partial charge in [-0.2, -0.15) is 0 Å². The second-order valence-electron chi connectivity index (χ2n) is 3.06. The highest BCUT2D eigenvalue weighted by Crippen LogP contribution is 2.07. The number of hydrogen-bond donors (Lipinski definition) is 2. The molecule has 16 heavy (non-hydrogen) atoms. The number of nitrogens with two attached hydrogens (primary N) is 1. The van der Waals surface area contributed by atoms with Gasteiger partial charge in [0, 0.05) is 25.9 Å². The molecule has 0 aromatic carbocycles. The lowest BCUT2D eigenvalue weighted by atomic mass is 10.3. The van der Waals surface area contributed by atoms with Crippen LogP contribution in [0.5, 0.6) is 5.88 Å². The number of urea groups is 1. The van der Waals surface area contributed by atoms with E-state index < -0.39 is 6.03 Å². The van der Waals surface area contributed by atoms with Crippen LogP contribution in [0.25, 0.3) is 0 Å². The monoisotopic (exact) mass is 225 g/mol. The topological polar surface area (TPSA) is 86.5 Å². The van der Waals surface area contributed by atoms with Crippen molar-refractivity contribution in [3.05, 3.63) is 23.9 Å². The van der Waals surface area contributed by atoms with E-state index in [0.717, 1.165) is 5.56 Å². The van der Waals surface area contributed by atoms with Gasteiger partial charge < -0.3 is 20.5 Å². The van der Waals surface area contributed by atoms with Crippen LogP contribution < -0.4 is 15.8 Å². The second-order valence-corrected chi connectivity index (χ2v) is 3.06. The lowest BCUT2D eigenvalue weighted by molar-refractivity contribution is 0.143. The molecule has 0 saturated heterocycles. The Labute approximate surface area is 93.8 Å². The van der Waals surface area contributed by atoms with Crippen LogP contribution >= 0.6 is 0 Å². The van der Waals surface area contributed by atoms with Gasteiger partial charge in [0.15, 0.2) is 0 Å². The van der Waals surface area contributed by atoms with Gasteiger partial charge in [-0.25, -0.2) is 9.78 Å². The molecule has 0 spiro atoms. The molecule has 1 aromatic rings. The molecule has 0 atom stereocenters. The van der Waals surface area contributed by atoms with Gasteiger partial charge in [0.05, 0.1) is 6.61 Å². The number of ether oxygens (including phenoxy) is 2. The predicted octanol–water partition coefficient (Wildman–Crippen LogP) is 0.275. The number of nitrogens with zero attached hydrogens (tertiary/aromatic N) is 1. The van der Waals surface area contributed by atoms with E-state index in [2.05, 4.69) is 10.3 Å². The van der Waals surface area contributed by atoms with Crippen LogP contribution in [0.2, 0.25) is 0 Å². The van der Waals surface area contributed by atoms with Gasteiger partial charge in [-0.1, -0.05) is 6.07 Å². The van der Waals surface area contributed by atoms with Crippen LogP contribution in [-0.2, 0) is 11.3 Å². The zero-order valence-electron chi connectivity index (χ0n) is 9.10. The average Bonchev–Trinajstić information content (AvgIpc) is 2.28. The Balaban J connectivity index is 2.38. The molecule has 0 aliphatic rings. The number of pyridine rings is 1. The largest absolute Gasteiger partial charge is 0.475 e. The molecule has 88 valence electrons. The number of nitrogens with one attached hydrogen (secondary N) is 1. The van der Waals surface area contributed by atoms with E-state index in [1.54, 1.807) is 19.4 Å². The van der Waals surface area contributed by atoms with Crippen LogP contribution in [0.1, 0.15) is 5.56 Å². The highest BCUT2D eigenvalue weighted by Gasteiger charge is 1.98. The molecule has 2 amide bonds. The molecule has 0 bridgehead atoms. The number of carbonyl (C=O) groups excluding carboxylic acids is 1. The van der Waals surface area contributed by atoms with E-state index in [1.165, 1.54) is 0 Å². The smallest absolute Gasteiger partial charge is 0.312 e. The van der Waals surface area contributed by atoms with E-state index in [0.29, 0.717) is 25.6 Å². The van der Waals surface area contributed by atoms with Crippen molar-refractivity contribution in [3.8, 4) is 5.88 Å².